The van der Waals surface area contributed by atoms with Gasteiger partial charge in [-0.15, -0.1) is 0 Å². The predicted molar refractivity (Wildman–Crippen MR) is 120 cm³/mol. The topological polar surface area (TPSA) is 50.3 Å². The summed E-state index contributed by atoms with van der Waals surface area (Å²) in [7, 11) is 0. The minimum absolute atomic E-state index is 0.0218. The van der Waals surface area contributed by atoms with Crippen LogP contribution in [-0.4, -0.2) is 27.6 Å². The maximum absolute atomic E-state index is 13.6. The first-order valence-electron chi connectivity index (χ1n) is 10.1. The van der Waals surface area contributed by atoms with Gasteiger partial charge in [-0.1, -0.05) is 11.6 Å². The highest BCUT2D eigenvalue weighted by Crippen LogP contribution is 2.40. The second-order valence-corrected chi connectivity index (χ2v) is 8.20. The molecule has 0 aliphatic carbocycles. The highest BCUT2D eigenvalue weighted by atomic mass is 35.5. The van der Waals surface area contributed by atoms with Gasteiger partial charge < -0.3 is 14.3 Å². The lowest BCUT2D eigenvalue weighted by molar-refractivity contribution is 0.183. The van der Waals surface area contributed by atoms with Crippen LogP contribution in [-0.2, 0) is 6.54 Å². The van der Waals surface area contributed by atoms with Crippen molar-refractivity contribution in [3.8, 4) is 11.4 Å². The van der Waals surface area contributed by atoms with E-state index in [-0.39, 0.29) is 17.4 Å². The molecule has 0 amide bonds. The molecule has 4 aromatic rings. The second kappa shape index (κ2) is 7.87. The summed E-state index contributed by atoms with van der Waals surface area (Å²) in [5.41, 5.74) is 3.60. The summed E-state index contributed by atoms with van der Waals surface area (Å²) in [6, 6.07) is 14.1. The van der Waals surface area contributed by atoms with Gasteiger partial charge in [0.1, 0.15) is 18.2 Å². The number of aromatic amines is 1. The first-order chi connectivity index (χ1) is 15.0. The monoisotopic (exact) mass is 437 g/mol. The Morgan fingerprint density at radius 2 is 2.06 bits per heavy atom. The summed E-state index contributed by atoms with van der Waals surface area (Å²) < 4.78 is 21.6. The third kappa shape index (κ3) is 3.73. The van der Waals surface area contributed by atoms with Crippen LogP contribution in [0, 0.1) is 5.82 Å². The Morgan fingerprint density at radius 3 is 2.90 bits per heavy atom. The summed E-state index contributed by atoms with van der Waals surface area (Å²) in [6.45, 7) is 3.96. The van der Waals surface area contributed by atoms with Crippen molar-refractivity contribution in [1.82, 2.24) is 14.5 Å². The molecule has 0 saturated heterocycles. The summed E-state index contributed by atoms with van der Waals surface area (Å²) in [4.78, 5) is 16.6. The number of hydrogen-bond donors (Lipinski definition) is 1. The fraction of sp³-hybridized carbons (Fsp3) is 0.208. The molecular weight excluding hydrogens is 417 g/mol. The molecule has 1 aliphatic rings. The Balaban J connectivity index is 1.55. The molecule has 0 fully saturated rings. The van der Waals surface area contributed by atoms with E-state index in [9.17, 15) is 9.18 Å². The van der Waals surface area contributed by atoms with Gasteiger partial charge in [-0.25, -0.2) is 4.39 Å². The van der Waals surface area contributed by atoms with Crippen molar-refractivity contribution in [2.45, 2.75) is 19.5 Å². The number of aromatic nitrogens is 2. The van der Waals surface area contributed by atoms with Gasteiger partial charge in [-0.05, 0) is 55.0 Å². The number of hydrogen-bond acceptors (Lipinski definition) is 3. The number of halogens is 2. The third-order valence-electron chi connectivity index (χ3n) is 5.84. The average Bonchev–Trinajstić information content (AvgIpc) is 3.09. The van der Waals surface area contributed by atoms with Gasteiger partial charge in [-0.3, -0.25) is 9.69 Å². The molecular formula is C24H21ClFN3O2. The van der Waals surface area contributed by atoms with Crippen LogP contribution in [0.5, 0.6) is 5.75 Å². The average molecular weight is 438 g/mol. The van der Waals surface area contributed by atoms with Crippen molar-refractivity contribution in [2.75, 3.05) is 13.2 Å². The van der Waals surface area contributed by atoms with E-state index in [1.54, 1.807) is 18.3 Å². The first kappa shape index (κ1) is 19.8. The molecule has 3 heterocycles. The molecule has 2 aromatic carbocycles. The third-order valence-corrected chi connectivity index (χ3v) is 6.12. The van der Waals surface area contributed by atoms with Gasteiger partial charge in [0, 0.05) is 54.2 Å². The number of pyridine rings is 1. The van der Waals surface area contributed by atoms with E-state index >= 15 is 0 Å². The molecule has 5 nitrogen and oxygen atoms in total. The van der Waals surface area contributed by atoms with Gasteiger partial charge in [0.05, 0.1) is 10.5 Å². The molecule has 5 rings (SSSR count). The van der Waals surface area contributed by atoms with E-state index in [1.807, 2.05) is 29.0 Å². The van der Waals surface area contributed by atoms with Crippen LogP contribution in [0.3, 0.4) is 0 Å². The van der Waals surface area contributed by atoms with Crippen molar-refractivity contribution < 1.29 is 9.13 Å². The lowest BCUT2D eigenvalue weighted by Crippen LogP contribution is -2.29. The molecule has 2 aromatic heterocycles. The molecule has 0 saturated carbocycles. The Bertz CT molecular complexity index is 1330. The highest BCUT2D eigenvalue weighted by Gasteiger charge is 2.26. The molecule has 31 heavy (non-hydrogen) atoms. The molecule has 7 heteroatoms. The van der Waals surface area contributed by atoms with E-state index in [0.717, 1.165) is 27.7 Å². The van der Waals surface area contributed by atoms with Crippen LogP contribution in [0.25, 0.3) is 16.6 Å². The zero-order valence-electron chi connectivity index (χ0n) is 16.9. The summed E-state index contributed by atoms with van der Waals surface area (Å²) in [5.74, 6) is 0.427. The van der Waals surface area contributed by atoms with Crippen LogP contribution in [0.2, 0.25) is 5.02 Å². The van der Waals surface area contributed by atoms with Crippen LogP contribution in [0.1, 0.15) is 24.1 Å². The maximum Gasteiger partial charge on any atom is 0.248 e. The number of nitrogens with zero attached hydrogens (tertiary/aromatic N) is 2. The van der Waals surface area contributed by atoms with E-state index < -0.39 is 0 Å². The van der Waals surface area contributed by atoms with Crippen LogP contribution in [0.15, 0.2) is 65.7 Å². The van der Waals surface area contributed by atoms with Crippen molar-refractivity contribution in [1.29, 1.82) is 0 Å². The summed E-state index contributed by atoms with van der Waals surface area (Å²) in [6.07, 6.45) is 3.58. The van der Waals surface area contributed by atoms with E-state index in [4.69, 9.17) is 16.3 Å². The molecule has 0 radical (unpaired) electrons. The summed E-state index contributed by atoms with van der Waals surface area (Å²) in [5, 5.41) is 1.37. The smallest absolute Gasteiger partial charge is 0.248 e. The van der Waals surface area contributed by atoms with Crippen molar-refractivity contribution in [3.05, 3.63) is 93.2 Å². The standard InChI is InChI=1S/C24H21ClFN3O2/c1-15-20-12-19(29-7-5-17-11-18(26)2-3-22(17)29)13-21(25)24(20)31-9-8-28(15)14-16-4-6-27-23(30)10-16/h2-7,10-13,15H,8-9,14H2,1H3,(H,27,30). The fourth-order valence-electron chi connectivity index (χ4n) is 4.23. The Labute approximate surface area is 183 Å². The minimum Gasteiger partial charge on any atom is -0.490 e. The SMILES string of the molecule is CC1c2cc(-n3ccc4cc(F)ccc43)cc(Cl)c2OCCN1Cc1cc[nH]c(=O)c1. The van der Waals surface area contributed by atoms with Gasteiger partial charge >= 0.3 is 0 Å². The number of benzene rings is 2. The number of rotatable bonds is 3. The number of H-pyrrole nitrogens is 1. The minimum atomic E-state index is -0.261. The molecule has 1 unspecified atom stereocenters. The zero-order chi connectivity index (χ0) is 21.5. The molecule has 0 bridgehead atoms. The predicted octanol–water partition coefficient (Wildman–Crippen LogP) is 5.07. The van der Waals surface area contributed by atoms with Crippen molar-refractivity contribution >= 4 is 22.5 Å². The van der Waals surface area contributed by atoms with Crippen molar-refractivity contribution in [3.63, 3.8) is 0 Å². The normalized spacial score (nSPS) is 16.7. The molecule has 158 valence electrons. The molecule has 1 aliphatic heterocycles. The second-order valence-electron chi connectivity index (χ2n) is 7.79. The lowest BCUT2D eigenvalue weighted by atomic mass is 10.0. The van der Waals surface area contributed by atoms with Gasteiger partial charge in [0.2, 0.25) is 5.56 Å². The quantitative estimate of drug-likeness (QED) is 0.487. The van der Waals surface area contributed by atoms with E-state index in [0.29, 0.717) is 30.5 Å². The maximum atomic E-state index is 13.6. The molecule has 1 atom stereocenters. The van der Waals surface area contributed by atoms with Gasteiger partial charge in [-0.2, -0.15) is 0 Å². The van der Waals surface area contributed by atoms with Crippen LogP contribution >= 0.6 is 11.6 Å². The van der Waals surface area contributed by atoms with E-state index in [2.05, 4.69) is 22.9 Å². The lowest BCUT2D eigenvalue weighted by Gasteiger charge is -2.27. The van der Waals surface area contributed by atoms with E-state index in [1.165, 1.54) is 12.1 Å². The summed E-state index contributed by atoms with van der Waals surface area (Å²) >= 11 is 6.64. The van der Waals surface area contributed by atoms with Crippen LogP contribution < -0.4 is 10.3 Å². The van der Waals surface area contributed by atoms with Gasteiger partial charge in [0.25, 0.3) is 0 Å². The Morgan fingerprint density at radius 1 is 1.19 bits per heavy atom. The largest absolute Gasteiger partial charge is 0.490 e. The van der Waals surface area contributed by atoms with Crippen molar-refractivity contribution in [2.24, 2.45) is 0 Å². The highest BCUT2D eigenvalue weighted by molar-refractivity contribution is 6.32. The fourth-order valence-corrected chi connectivity index (χ4v) is 4.51. The van der Waals surface area contributed by atoms with Crippen LogP contribution in [0.4, 0.5) is 4.39 Å². The Kier molecular flexibility index (Phi) is 5.04. The molecule has 0 spiro atoms. The zero-order valence-corrected chi connectivity index (χ0v) is 17.7. The first-order valence-corrected chi connectivity index (χ1v) is 10.5. The number of nitrogens with one attached hydrogen (secondary N) is 1. The number of fused-ring (bicyclic) bond motifs is 2. The number of ether oxygens (including phenoxy) is 1. The Hall–Kier alpha value is -3.09. The molecule has 1 N–H and O–H groups in total. The van der Waals surface area contributed by atoms with Gasteiger partial charge in [0.15, 0.2) is 0 Å².